The zero-order valence-corrected chi connectivity index (χ0v) is 28.2. The number of carbonyl (C=O) groups excluding carboxylic acids is 3. The molecule has 0 unspecified atom stereocenters. The van der Waals surface area contributed by atoms with Crippen LogP contribution in [0.4, 0.5) is 4.79 Å². The third-order valence-corrected chi connectivity index (χ3v) is 8.58. The van der Waals surface area contributed by atoms with Crippen LogP contribution >= 0.6 is 11.6 Å². The van der Waals surface area contributed by atoms with Crippen molar-refractivity contribution in [2.75, 3.05) is 19.6 Å². The Morgan fingerprint density at radius 3 is 2.38 bits per heavy atom. The van der Waals surface area contributed by atoms with Gasteiger partial charge in [0.05, 0.1) is 17.2 Å². The molecule has 2 aliphatic rings. The lowest BCUT2D eigenvalue weighted by molar-refractivity contribution is -0.136. The molecular weight excluding hydrogens is 666 g/mol. The van der Waals surface area contributed by atoms with Gasteiger partial charge in [0.25, 0.3) is 0 Å². The minimum Gasteiger partial charge on any atom is -0.487 e. The van der Waals surface area contributed by atoms with Gasteiger partial charge in [-0.3, -0.25) is 24.3 Å². The highest BCUT2D eigenvalue weighted by atomic mass is 35.5. The topological polar surface area (TPSA) is 182 Å². The number of carboxylic acid groups (broad SMARTS) is 2. The van der Waals surface area contributed by atoms with Gasteiger partial charge in [0, 0.05) is 46.3 Å². The predicted molar refractivity (Wildman–Crippen MR) is 184 cm³/mol. The summed E-state index contributed by atoms with van der Waals surface area (Å²) in [5, 5.41) is 22.9. The largest absolute Gasteiger partial charge is 0.487 e. The Hall–Kier alpha value is -5.69. The number of aliphatic carboxylic acids is 1. The summed E-state index contributed by atoms with van der Waals surface area (Å²) in [4.78, 5) is 74.5. The van der Waals surface area contributed by atoms with Gasteiger partial charge in [-0.2, -0.15) is 0 Å². The van der Waals surface area contributed by atoms with E-state index in [0.717, 1.165) is 5.39 Å². The number of aromatic carboxylic acids is 1. The van der Waals surface area contributed by atoms with Gasteiger partial charge in [-0.25, -0.2) is 9.59 Å². The molecule has 0 radical (unpaired) electrons. The summed E-state index contributed by atoms with van der Waals surface area (Å²) in [5.41, 5.74) is 1.74. The molecule has 4 aromatic rings. The highest BCUT2D eigenvalue weighted by Gasteiger charge is 2.46. The molecule has 2 aliphatic heterocycles. The Kier molecular flexibility index (Phi) is 9.10. The van der Waals surface area contributed by atoms with E-state index in [4.69, 9.17) is 21.3 Å². The fraction of sp³-hybridized carbons (Fsp3) is 0.278. The van der Waals surface area contributed by atoms with Crippen LogP contribution in [0, 0.1) is 0 Å². The van der Waals surface area contributed by atoms with E-state index in [1.54, 1.807) is 57.3 Å². The van der Waals surface area contributed by atoms with Gasteiger partial charge in [-0.05, 0) is 62.7 Å². The quantitative estimate of drug-likeness (QED) is 0.138. The van der Waals surface area contributed by atoms with E-state index in [9.17, 15) is 34.2 Å². The maximum absolute atomic E-state index is 14.8. The molecule has 4 N–H and O–H groups in total. The number of ketones is 1. The van der Waals surface area contributed by atoms with Crippen LogP contribution in [0.1, 0.15) is 76.7 Å². The van der Waals surface area contributed by atoms with E-state index < -0.39 is 47.9 Å². The summed E-state index contributed by atoms with van der Waals surface area (Å²) < 4.78 is 6.34. The molecule has 1 fully saturated rings. The molecule has 50 heavy (non-hydrogen) atoms. The van der Waals surface area contributed by atoms with E-state index in [1.807, 2.05) is 6.07 Å². The molecule has 258 valence electrons. The molecule has 3 aromatic carbocycles. The molecular formula is C36H34ClN5O8. The number of Topliss-reactive ketones (excluding diaryl/α,β-unsaturated/α-hetero) is 1. The van der Waals surface area contributed by atoms with E-state index in [0.29, 0.717) is 27.2 Å². The maximum Gasteiger partial charge on any atom is 0.335 e. The molecule has 14 heteroatoms. The zero-order valence-electron chi connectivity index (χ0n) is 27.4. The number of aromatic nitrogens is 1. The summed E-state index contributed by atoms with van der Waals surface area (Å²) in [6.07, 6.45) is 1.05. The second-order valence-corrected chi connectivity index (χ2v) is 13.5. The first-order valence-electron chi connectivity index (χ1n) is 15.8. The van der Waals surface area contributed by atoms with Crippen molar-refractivity contribution in [1.29, 1.82) is 0 Å². The van der Waals surface area contributed by atoms with Crippen LogP contribution in [0.5, 0.6) is 5.75 Å². The number of ether oxygens (including phenoxy) is 1. The maximum atomic E-state index is 14.8. The predicted octanol–water partition coefficient (Wildman–Crippen LogP) is 5.45. The lowest BCUT2D eigenvalue weighted by Gasteiger charge is -2.36. The minimum atomic E-state index is -1.28. The van der Waals surface area contributed by atoms with Crippen molar-refractivity contribution in [1.82, 2.24) is 20.1 Å². The average molecular weight is 700 g/mol. The number of H-pyrrole nitrogens is 1. The number of nitrogens with one attached hydrogen (secondary N) is 2. The number of benzene rings is 3. The van der Waals surface area contributed by atoms with Crippen LogP contribution in [0.3, 0.4) is 0 Å². The molecule has 0 spiro atoms. The van der Waals surface area contributed by atoms with Crippen molar-refractivity contribution in [3.05, 3.63) is 99.7 Å². The Morgan fingerprint density at radius 1 is 1.00 bits per heavy atom. The van der Waals surface area contributed by atoms with Crippen LogP contribution < -0.4 is 10.1 Å². The van der Waals surface area contributed by atoms with Gasteiger partial charge < -0.3 is 30.2 Å². The van der Waals surface area contributed by atoms with Gasteiger partial charge >= 0.3 is 18.0 Å². The summed E-state index contributed by atoms with van der Waals surface area (Å²) in [7, 11) is 0. The van der Waals surface area contributed by atoms with E-state index in [2.05, 4.69) is 10.3 Å². The number of fused-ring (bicyclic) bond motifs is 1. The second-order valence-electron chi connectivity index (χ2n) is 13.0. The Morgan fingerprint density at radius 2 is 1.72 bits per heavy atom. The van der Waals surface area contributed by atoms with E-state index >= 15 is 0 Å². The molecule has 3 heterocycles. The van der Waals surface area contributed by atoms with Gasteiger partial charge in [-0.15, -0.1) is 0 Å². The first-order valence-corrected chi connectivity index (χ1v) is 16.2. The van der Waals surface area contributed by atoms with Crippen molar-refractivity contribution in [2.45, 2.75) is 44.9 Å². The normalized spacial score (nSPS) is 17.8. The number of rotatable bonds is 8. The number of nitrogens with zero attached hydrogens (tertiary/aromatic N) is 3. The summed E-state index contributed by atoms with van der Waals surface area (Å²) in [6, 6.07) is 13.9. The van der Waals surface area contributed by atoms with Gasteiger partial charge in [0.2, 0.25) is 5.91 Å². The molecule has 6 rings (SSSR count). The van der Waals surface area contributed by atoms with Crippen molar-refractivity contribution in [3.8, 4) is 5.75 Å². The number of carboxylic acids is 2. The van der Waals surface area contributed by atoms with E-state index in [-0.39, 0.29) is 48.3 Å². The molecule has 1 aromatic heterocycles. The van der Waals surface area contributed by atoms with Crippen molar-refractivity contribution < 1.29 is 38.9 Å². The Balaban J connectivity index is 1.59. The van der Waals surface area contributed by atoms with Crippen molar-refractivity contribution >= 4 is 58.0 Å². The number of halogens is 1. The fourth-order valence-electron chi connectivity index (χ4n) is 6.19. The monoisotopic (exact) mass is 699 g/mol. The first kappa shape index (κ1) is 34.2. The number of piperazine rings is 1. The molecule has 0 bridgehead atoms. The molecule has 0 saturated carbocycles. The number of aromatic amines is 1. The average Bonchev–Trinajstić information content (AvgIpc) is 3.64. The zero-order chi connectivity index (χ0) is 35.9. The molecule has 0 aliphatic carbocycles. The highest BCUT2D eigenvalue weighted by molar-refractivity contribution is 6.31. The van der Waals surface area contributed by atoms with Crippen molar-refractivity contribution in [2.24, 2.45) is 4.99 Å². The number of hydrogen-bond acceptors (Lipinski definition) is 7. The lowest BCUT2D eigenvalue weighted by atomic mass is 9.92. The molecule has 1 saturated heterocycles. The van der Waals surface area contributed by atoms with Crippen molar-refractivity contribution in [3.63, 3.8) is 0 Å². The third-order valence-electron chi connectivity index (χ3n) is 8.35. The fourth-order valence-corrected chi connectivity index (χ4v) is 6.36. The summed E-state index contributed by atoms with van der Waals surface area (Å²) in [6.45, 7) is 5.71. The number of hydrogen-bond donors (Lipinski definition) is 4. The summed E-state index contributed by atoms with van der Waals surface area (Å²) in [5.74, 6) is -2.96. The standard InChI is InChI=1S/C36H34ClN5O8/c1-36(2,3)50-28-14-21(27(43)16-30(45)46)8-10-24(28)33-40-31(19-4-6-20(7-5-19)34(47)48)32(25-17-39-26-15-22(37)9-11-23(25)26)42(33)35(49)41-13-12-38-29(44)18-41/h4-11,14-15,17,31-32,39H,12-13,16,18H2,1-3H3,(H,38,44)(H,45,46)(H,47,48)/t31-,32+/m0/s1. The van der Waals surface area contributed by atoms with Gasteiger partial charge in [0.1, 0.15) is 36.2 Å². The first-order chi connectivity index (χ1) is 23.7. The Bertz CT molecular complexity index is 2070. The van der Waals surface area contributed by atoms with Crippen LogP contribution in [0.2, 0.25) is 5.02 Å². The minimum absolute atomic E-state index is 0.0731. The number of aliphatic imine (C=N–C) groups is 1. The van der Waals surface area contributed by atoms with Gasteiger partial charge in [-0.1, -0.05) is 35.9 Å². The summed E-state index contributed by atoms with van der Waals surface area (Å²) >= 11 is 6.31. The van der Waals surface area contributed by atoms with Crippen LogP contribution in [-0.2, 0) is 9.59 Å². The number of amides is 3. The molecule has 13 nitrogen and oxygen atoms in total. The van der Waals surface area contributed by atoms with Gasteiger partial charge in [0.15, 0.2) is 5.78 Å². The van der Waals surface area contributed by atoms with Crippen LogP contribution in [0.15, 0.2) is 71.9 Å². The number of amidine groups is 1. The number of urea groups is 1. The molecule has 3 amide bonds. The Labute approximate surface area is 291 Å². The highest BCUT2D eigenvalue weighted by Crippen LogP contribution is 2.47. The SMILES string of the molecule is CC(C)(C)Oc1cc(C(=O)CC(=O)O)ccc1C1=N[C@@H](c2ccc(C(=O)O)cc2)[C@@H](c2c[nH]c3cc(Cl)ccc23)N1C(=O)N1CCNC(=O)C1. The smallest absolute Gasteiger partial charge is 0.335 e. The molecule has 2 atom stereocenters. The third kappa shape index (κ3) is 6.90. The van der Waals surface area contributed by atoms with Crippen LogP contribution in [-0.4, -0.2) is 85.7 Å². The number of carbonyl (C=O) groups is 5. The lowest BCUT2D eigenvalue weighted by Crippen LogP contribution is -2.55. The van der Waals surface area contributed by atoms with E-state index in [1.165, 1.54) is 34.1 Å². The van der Waals surface area contributed by atoms with Crippen LogP contribution in [0.25, 0.3) is 10.9 Å². The second kappa shape index (κ2) is 13.3.